The zero-order valence-electron chi connectivity index (χ0n) is 23.3. The van der Waals surface area contributed by atoms with Crippen LogP contribution >= 0.6 is 0 Å². The average Bonchev–Trinajstić information content (AvgIpc) is 2.83. The fourth-order valence-corrected chi connectivity index (χ4v) is 3.37. The van der Waals surface area contributed by atoms with E-state index in [0.29, 0.717) is 5.69 Å². The minimum Gasteiger partial charge on any atom is -0.481 e. The predicted molar refractivity (Wildman–Crippen MR) is 143 cm³/mol. The molecule has 0 saturated heterocycles. The zero-order chi connectivity index (χ0) is 29.0. The molecule has 212 valence electrons. The number of benzene rings is 1. The first-order valence-electron chi connectivity index (χ1n) is 12.9. The molecule has 0 fully saturated rings. The van der Waals surface area contributed by atoms with Gasteiger partial charge < -0.3 is 31.1 Å². The van der Waals surface area contributed by atoms with Crippen molar-refractivity contribution in [1.29, 1.82) is 0 Å². The Hall–Kier alpha value is -3.47. The average molecular weight is 535 g/mol. The normalized spacial score (nSPS) is 13.5. The molecule has 0 aliphatic rings. The fourth-order valence-electron chi connectivity index (χ4n) is 3.37. The Bertz CT molecular complexity index is 961. The molecule has 1 unspecified atom stereocenters. The van der Waals surface area contributed by atoms with Crippen LogP contribution in [0.25, 0.3) is 0 Å². The van der Waals surface area contributed by atoms with Gasteiger partial charge in [0.15, 0.2) is 0 Å². The highest BCUT2D eigenvalue weighted by atomic mass is 16.5. The van der Waals surface area contributed by atoms with Gasteiger partial charge in [0.1, 0.15) is 18.7 Å². The van der Waals surface area contributed by atoms with Crippen LogP contribution in [-0.4, -0.2) is 58.9 Å². The van der Waals surface area contributed by atoms with Crippen molar-refractivity contribution in [1.82, 2.24) is 16.0 Å². The standard InChI is InChI=1S/C27H42N4O7/c1-15(2)23(31-25(35)21(28-17(5)6)12-13-22(32)33)26(36)29-18(7)24(34)30-20-10-8-19(9-11-20)14-38-27(37)16(3)4/h8-11,15-18,21,23,28H,12-14H2,1-7H3,(H,29,36)(H,30,34)(H,31,35)(H,32,33)/t18?,21-,23-/m0/s1. The minimum absolute atomic E-state index is 0.0706. The first-order valence-corrected chi connectivity index (χ1v) is 12.9. The van der Waals surface area contributed by atoms with Gasteiger partial charge in [0.05, 0.1) is 12.0 Å². The smallest absolute Gasteiger partial charge is 0.308 e. The second kappa shape index (κ2) is 15.7. The van der Waals surface area contributed by atoms with E-state index in [0.717, 1.165) is 5.56 Å². The van der Waals surface area contributed by atoms with Gasteiger partial charge >= 0.3 is 11.9 Å². The van der Waals surface area contributed by atoms with Crippen molar-refractivity contribution in [2.24, 2.45) is 11.8 Å². The third kappa shape index (κ3) is 11.7. The molecular formula is C27H42N4O7. The number of rotatable bonds is 15. The Morgan fingerprint density at radius 3 is 1.95 bits per heavy atom. The number of carbonyl (C=O) groups excluding carboxylic acids is 4. The summed E-state index contributed by atoms with van der Waals surface area (Å²) in [4.78, 5) is 61.1. The van der Waals surface area contributed by atoms with E-state index in [1.54, 1.807) is 52.0 Å². The van der Waals surface area contributed by atoms with E-state index in [9.17, 15) is 24.0 Å². The molecule has 11 heteroatoms. The lowest BCUT2D eigenvalue weighted by Gasteiger charge is -2.27. The number of nitrogens with one attached hydrogen (secondary N) is 4. The van der Waals surface area contributed by atoms with Gasteiger partial charge in [-0.2, -0.15) is 0 Å². The Morgan fingerprint density at radius 1 is 0.842 bits per heavy atom. The van der Waals surface area contributed by atoms with Gasteiger partial charge in [0.25, 0.3) is 0 Å². The van der Waals surface area contributed by atoms with Crippen LogP contribution in [-0.2, 0) is 35.3 Å². The van der Waals surface area contributed by atoms with E-state index in [-0.39, 0.29) is 43.3 Å². The maximum Gasteiger partial charge on any atom is 0.308 e. The SMILES string of the molecule is CC(C)N[C@@H](CCC(=O)O)C(=O)N[C@H](C(=O)NC(C)C(=O)Nc1ccc(COC(=O)C(C)C)cc1)C(C)C. The molecule has 0 spiro atoms. The van der Waals surface area contributed by atoms with E-state index in [2.05, 4.69) is 21.3 Å². The van der Waals surface area contributed by atoms with Gasteiger partial charge in [-0.05, 0) is 37.0 Å². The molecule has 0 radical (unpaired) electrons. The summed E-state index contributed by atoms with van der Waals surface area (Å²) in [5.41, 5.74) is 1.27. The number of hydrogen-bond donors (Lipinski definition) is 5. The molecular weight excluding hydrogens is 492 g/mol. The number of carbonyl (C=O) groups is 5. The largest absolute Gasteiger partial charge is 0.481 e. The van der Waals surface area contributed by atoms with Crippen LogP contribution in [0.3, 0.4) is 0 Å². The highest BCUT2D eigenvalue weighted by molar-refractivity contribution is 5.98. The number of ether oxygens (including phenoxy) is 1. The Morgan fingerprint density at radius 2 is 1.45 bits per heavy atom. The van der Waals surface area contributed by atoms with Crippen LogP contribution in [0.15, 0.2) is 24.3 Å². The lowest BCUT2D eigenvalue weighted by molar-refractivity contribution is -0.148. The maximum absolute atomic E-state index is 13.0. The van der Waals surface area contributed by atoms with Crippen molar-refractivity contribution in [2.45, 2.75) is 92.1 Å². The molecule has 1 rings (SSSR count). The summed E-state index contributed by atoms with van der Waals surface area (Å²) >= 11 is 0. The molecule has 3 atom stereocenters. The van der Waals surface area contributed by atoms with Gasteiger partial charge in [-0.25, -0.2) is 0 Å². The zero-order valence-corrected chi connectivity index (χ0v) is 23.3. The van der Waals surface area contributed by atoms with Crippen molar-refractivity contribution in [3.8, 4) is 0 Å². The highest BCUT2D eigenvalue weighted by Crippen LogP contribution is 2.12. The van der Waals surface area contributed by atoms with E-state index < -0.39 is 41.8 Å². The van der Waals surface area contributed by atoms with Crippen molar-refractivity contribution < 1.29 is 33.8 Å². The molecule has 3 amide bonds. The summed E-state index contributed by atoms with van der Waals surface area (Å²) in [5, 5.41) is 20.1. The Balaban J connectivity index is 2.74. The first-order chi connectivity index (χ1) is 17.7. The molecule has 0 heterocycles. The molecule has 38 heavy (non-hydrogen) atoms. The third-order valence-corrected chi connectivity index (χ3v) is 5.57. The molecule has 0 saturated carbocycles. The van der Waals surface area contributed by atoms with Crippen LogP contribution in [0, 0.1) is 11.8 Å². The van der Waals surface area contributed by atoms with Crippen molar-refractivity contribution >= 4 is 35.3 Å². The van der Waals surface area contributed by atoms with Crippen LogP contribution in [0.4, 0.5) is 5.69 Å². The highest BCUT2D eigenvalue weighted by Gasteiger charge is 2.30. The second-order valence-electron chi connectivity index (χ2n) is 10.2. The number of carboxylic acid groups (broad SMARTS) is 1. The maximum atomic E-state index is 13.0. The summed E-state index contributed by atoms with van der Waals surface area (Å²) in [7, 11) is 0. The van der Waals surface area contributed by atoms with Crippen molar-refractivity contribution in [3.63, 3.8) is 0 Å². The number of esters is 1. The van der Waals surface area contributed by atoms with Gasteiger partial charge in [-0.3, -0.25) is 24.0 Å². The van der Waals surface area contributed by atoms with Gasteiger partial charge in [0, 0.05) is 18.2 Å². The molecule has 0 aliphatic heterocycles. The van der Waals surface area contributed by atoms with E-state index in [1.165, 1.54) is 6.92 Å². The lowest BCUT2D eigenvalue weighted by Crippen LogP contribution is -2.57. The molecule has 0 bridgehead atoms. The lowest BCUT2D eigenvalue weighted by atomic mass is 10.0. The minimum atomic E-state index is -1.02. The molecule has 1 aromatic rings. The van der Waals surface area contributed by atoms with E-state index in [1.807, 2.05) is 13.8 Å². The second-order valence-corrected chi connectivity index (χ2v) is 10.2. The molecule has 11 nitrogen and oxygen atoms in total. The fraction of sp³-hybridized carbons (Fsp3) is 0.593. The summed E-state index contributed by atoms with van der Waals surface area (Å²) < 4.78 is 5.19. The number of hydrogen-bond acceptors (Lipinski definition) is 7. The Labute approximate surface area is 224 Å². The monoisotopic (exact) mass is 534 g/mol. The van der Waals surface area contributed by atoms with Crippen molar-refractivity contribution in [2.75, 3.05) is 5.32 Å². The van der Waals surface area contributed by atoms with Gasteiger partial charge in [0.2, 0.25) is 17.7 Å². The van der Waals surface area contributed by atoms with Crippen LogP contribution in [0.2, 0.25) is 0 Å². The van der Waals surface area contributed by atoms with Crippen LogP contribution in [0.5, 0.6) is 0 Å². The van der Waals surface area contributed by atoms with E-state index in [4.69, 9.17) is 9.84 Å². The summed E-state index contributed by atoms with van der Waals surface area (Å²) in [6, 6.07) is 4.11. The third-order valence-electron chi connectivity index (χ3n) is 5.57. The number of aliphatic carboxylic acids is 1. The molecule has 0 aliphatic carbocycles. The first kappa shape index (κ1) is 32.6. The summed E-state index contributed by atoms with van der Waals surface area (Å²) in [6.45, 7) is 12.4. The van der Waals surface area contributed by atoms with Crippen LogP contribution in [0.1, 0.15) is 66.9 Å². The van der Waals surface area contributed by atoms with Gasteiger partial charge in [-0.1, -0.05) is 53.7 Å². The quantitative estimate of drug-likeness (QED) is 0.214. The summed E-state index contributed by atoms with van der Waals surface area (Å²) in [5.74, 6) is -3.28. The molecule has 1 aromatic carbocycles. The number of carboxylic acids is 1. The van der Waals surface area contributed by atoms with Gasteiger partial charge in [-0.15, -0.1) is 0 Å². The van der Waals surface area contributed by atoms with Crippen LogP contribution < -0.4 is 21.3 Å². The van der Waals surface area contributed by atoms with Crippen molar-refractivity contribution in [3.05, 3.63) is 29.8 Å². The number of anilines is 1. The molecule has 0 aromatic heterocycles. The molecule has 5 N–H and O–H groups in total. The summed E-state index contributed by atoms with van der Waals surface area (Å²) in [6.07, 6.45) is -0.124. The predicted octanol–water partition coefficient (Wildman–Crippen LogP) is 2.20. The number of amides is 3. The van der Waals surface area contributed by atoms with E-state index >= 15 is 0 Å². The topological polar surface area (TPSA) is 163 Å². The Kier molecular flexibility index (Phi) is 13.5.